The minimum atomic E-state index is 0.0967. The third kappa shape index (κ3) is 3.91. The van der Waals surface area contributed by atoms with E-state index in [0.717, 1.165) is 17.1 Å². The lowest BCUT2D eigenvalue weighted by molar-refractivity contribution is -0.122. The molecule has 1 aromatic carbocycles. The molecule has 0 aromatic heterocycles. The molecule has 22 heavy (non-hydrogen) atoms. The van der Waals surface area contributed by atoms with Gasteiger partial charge in [0, 0.05) is 12.6 Å². The third-order valence-corrected chi connectivity index (χ3v) is 4.19. The van der Waals surface area contributed by atoms with Crippen molar-refractivity contribution in [2.75, 3.05) is 26.8 Å². The summed E-state index contributed by atoms with van der Waals surface area (Å²) in [5.41, 5.74) is 1.12. The molecule has 0 radical (unpaired) electrons. The van der Waals surface area contributed by atoms with Crippen LogP contribution in [-0.4, -0.2) is 43.7 Å². The fourth-order valence-electron chi connectivity index (χ4n) is 2.81. The van der Waals surface area contributed by atoms with Crippen molar-refractivity contribution in [2.45, 2.75) is 32.4 Å². The number of fused-ring (bicyclic) bond motifs is 1. The average Bonchev–Trinajstić information content (AvgIpc) is 3.31. The van der Waals surface area contributed by atoms with Crippen molar-refractivity contribution in [1.82, 2.24) is 10.2 Å². The van der Waals surface area contributed by atoms with Crippen LogP contribution in [0.15, 0.2) is 18.2 Å². The Morgan fingerprint density at radius 1 is 1.32 bits per heavy atom. The Balaban J connectivity index is 1.50. The minimum absolute atomic E-state index is 0.0967. The van der Waals surface area contributed by atoms with Crippen molar-refractivity contribution in [3.8, 4) is 11.5 Å². The van der Waals surface area contributed by atoms with Gasteiger partial charge < -0.3 is 14.8 Å². The molecule has 5 heteroatoms. The molecule has 5 nitrogen and oxygen atoms in total. The molecule has 2 aliphatic rings. The van der Waals surface area contributed by atoms with Gasteiger partial charge in [-0.3, -0.25) is 9.69 Å². The van der Waals surface area contributed by atoms with E-state index in [-0.39, 0.29) is 5.91 Å². The number of hydrogen-bond acceptors (Lipinski definition) is 4. The maximum Gasteiger partial charge on any atom is 0.234 e. The van der Waals surface area contributed by atoms with Crippen LogP contribution in [0.1, 0.15) is 25.3 Å². The van der Waals surface area contributed by atoms with Crippen LogP contribution in [0.4, 0.5) is 0 Å². The molecule has 1 aliphatic carbocycles. The number of amides is 1. The number of nitrogens with one attached hydrogen (secondary N) is 1. The number of nitrogens with zero attached hydrogens (tertiary/aromatic N) is 1. The summed E-state index contributed by atoms with van der Waals surface area (Å²) in [5.74, 6) is 2.38. The number of benzene rings is 1. The molecule has 0 bridgehead atoms. The first-order valence-corrected chi connectivity index (χ1v) is 7.98. The molecule has 1 aliphatic heterocycles. The minimum Gasteiger partial charge on any atom is -0.486 e. The summed E-state index contributed by atoms with van der Waals surface area (Å²) in [7, 11) is 1.96. The molecule has 0 saturated heterocycles. The van der Waals surface area contributed by atoms with Gasteiger partial charge in [0.25, 0.3) is 0 Å². The smallest absolute Gasteiger partial charge is 0.234 e. The highest BCUT2D eigenvalue weighted by Crippen LogP contribution is 2.32. The molecule has 0 spiro atoms. The molecule has 1 fully saturated rings. The van der Waals surface area contributed by atoms with E-state index in [9.17, 15) is 4.79 Å². The topological polar surface area (TPSA) is 50.8 Å². The van der Waals surface area contributed by atoms with Crippen LogP contribution in [0.3, 0.4) is 0 Å². The maximum absolute atomic E-state index is 12.0. The fourth-order valence-corrected chi connectivity index (χ4v) is 2.81. The highest BCUT2D eigenvalue weighted by atomic mass is 16.6. The monoisotopic (exact) mass is 304 g/mol. The summed E-state index contributed by atoms with van der Waals surface area (Å²) < 4.78 is 11.1. The predicted octanol–water partition coefficient (Wildman–Crippen LogP) is 1.80. The van der Waals surface area contributed by atoms with E-state index in [2.05, 4.69) is 12.2 Å². The van der Waals surface area contributed by atoms with Crippen molar-refractivity contribution in [3.05, 3.63) is 23.8 Å². The average molecular weight is 304 g/mol. The molecule has 1 aromatic rings. The van der Waals surface area contributed by atoms with Crippen LogP contribution in [0, 0.1) is 5.92 Å². The van der Waals surface area contributed by atoms with Crippen molar-refractivity contribution in [3.63, 3.8) is 0 Å². The highest BCUT2D eigenvalue weighted by Gasteiger charge is 2.28. The molecular formula is C17H24N2O3. The van der Waals surface area contributed by atoms with Gasteiger partial charge in [-0.05, 0) is 50.4 Å². The number of carbonyl (C=O) groups is 1. The number of likely N-dealkylation sites (N-methyl/N-ethyl adjacent to an activating group) is 1. The zero-order chi connectivity index (χ0) is 15.5. The lowest BCUT2D eigenvalue weighted by Gasteiger charge is -2.21. The molecule has 3 rings (SSSR count). The molecule has 1 atom stereocenters. The van der Waals surface area contributed by atoms with Gasteiger partial charge in [-0.1, -0.05) is 6.07 Å². The van der Waals surface area contributed by atoms with E-state index in [4.69, 9.17) is 9.47 Å². The van der Waals surface area contributed by atoms with Crippen LogP contribution in [0.25, 0.3) is 0 Å². The summed E-state index contributed by atoms with van der Waals surface area (Å²) in [6, 6.07) is 6.26. The van der Waals surface area contributed by atoms with Crippen LogP contribution >= 0.6 is 0 Å². The van der Waals surface area contributed by atoms with Gasteiger partial charge in [0.15, 0.2) is 11.5 Å². The molecule has 1 saturated carbocycles. The summed E-state index contributed by atoms with van der Waals surface area (Å²) in [4.78, 5) is 14.0. The first kappa shape index (κ1) is 15.2. The fraction of sp³-hybridized carbons (Fsp3) is 0.588. The van der Waals surface area contributed by atoms with Gasteiger partial charge >= 0.3 is 0 Å². The molecule has 1 N–H and O–H groups in total. The van der Waals surface area contributed by atoms with Gasteiger partial charge in [0.2, 0.25) is 5.91 Å². The Morgan fingerprint density at radius 3 is 2.77 bits per heavy atom. The number of ether oxygens (including phenoxy) is 2. The Morgan fingerprint density at radius 2 is 2.05 bits per heavy atom. The van der Waals surface area contributed by atoms with E-state index in [1.807, 2.05) is 30.1 Å². The lowest BCUT2D eigenvalue weighted by atomic mass is 10.2. The maximum atomic E-state index is 12.0. The van der Waals surface area contributed by atoms with Crippen LogP contribution in [0.5, 0.6) is 11.5 Å². The Labute approximate surface area is 131 Å². The number of carbonyl (C=O) groups excluding carboxylic acids is 1. The second-order valence-corrected chi connectivity index (χ2v) is 6.34. The van der Waals surface area contributed by atoms with Crippen LogP contribution in [0.2, 0.25) is 0 Å². The summed E-state index contributed by atoms with van der Waals surface area (Å²) in [5, 5.41) is 3.08. The first-order valence-electron chi connectivity index (χ1n) is 7.98. The molecular weight excluding hydrogens is 280 g/mol. The van der Waals surface area contributed by atoms with Crippen LogP contribution in [-0.2, 0) is 11.3 Å². The zero-order valence-electron chi connectivity index (χ0n) is 13.3. The Hall–Kier alpha value is -1.75. The van der Waals surface area contributed by atoms with Crippen molar-refractivity contribution >= 4 is 5.91 Å². The molecule has 1 amide bonds. The Kier molecular flexibility index (Phi) is 4.52. The normalized spacial score (nSPS) is 18.1. The second-order valence-electron chi connectivity index (χ2n) is 6.34. The van der Waals surface area contributed by atoms with Crippen molar-refractivity contribution < 1.29 is 14.3 Å². The van der Waals surface area contributed by atoms with E-state index in [1.165, 1.54) is 12.8 Å². The summed E-state index contributed by atoms with van der Waals surface area (Å²) in [6.45, 7) is 4.41. The van der Waals surface area contributed by atoms with Gasteiger partial charge in [0.1, 0.15) is 13.2 Å². The van der Waals surface area contributed by atoms with Crippen molar-refractivity contribution in [2.24, 2.45) is 5.92 Å². The summed E-state index contributed by atoms with van der Waals surface area (Å²) >= 11 is 0. The summed E-state index contributed by atoms with van der Waals surface area (Å²) in [6.07, 6.45) is 2.49. The van der Waals surface area contributed by atoms with E-state index in [1.54, 1.807) is 0 Å². The van der Waals surface area contributed by atoms with Crippen LogP contribution < -0.4 is 14.8 Å². The number of rotatable bonds is 6. The van der Waals surface area contributed by atoms with E-state index < -0.39 is 0 Å². The SMILES string of the molecule is CC(NC(=O)CN(C)Cc1ccc2c(c1)OCCO2)C1CC1. The first-order chi connectivity index (χ1) is 10.6. The Bertz CT molecular complexity index is 543. The third-order valence-electron chi connectivity index (χ3n) is 4.19. The highest BCUT2D eigenvalue weighted by molar-refractivity contribution is 5.78. The number of hydrogen-bond donors (Lipinski definition) is 1. The van der Waals surface area contributed by atoms with Gasteiger partial charge in [-0.2, -0.15) is 0 Å². The predicted molar refractivity (Wildman–Crippen MR) is 84.1 cm³/mol. The lowest BCUT2D eigenvalue weighted by Crippen LogP contribution is -2.40. The van der Waals surface area contributed by atoms with Gasteiger partial charge in [0.05, 0.1) is 6.54 Å². The standard InChI is InChI=1S/C17H24N2O3/c1-12(14-4-5-14)18-17(20)11-19(2)10-13-3-6-15-16(9-13)22-8-7-21-15/h3,6,9,12,14H,4-5,7-8,10-11H2,1-2H3,(H,18,20). The van der Waals surface area contributed by atoms with E-state index in [0.29, 0.717) is 38.3 Å². The molecule has 120 valence electrons. The van der Waals surface area contributed by atoms with Gasteiger partial charge in [-0.25, -0.2) is 0 Å². The quantitative estimate of drug-likeness (QED) is 0.871. The second kappa shape index (κ2) is 6.57. The van der Waals surface area contributed by atoms with Gasteiger partial charge in [-0.15, -0.1) is 0 Å². The molecule has 1 heterocycles. The van der Waals surface area contributed by atoms with Crippen molar-refractivity contribution in [1.29, 1.82) is 0 Å². The molecule has 1 unspecified atom stereocenters. The largest absolute Gasteiger partial charge is 0.486 e. The van der Waals surface area contributed by atoms with E-state index >= 15 is 0 Å². The zero-order valence-corrected chi connectivity index (χ0v) is 13.3.